The third-order valence-electron chi connectivity index (χ3n) is 2.69. The third kappa shape index (κ3) is 2.97. The van der Waals surface area contributed by atoms with Crippen molar-refractivity contribution in [2.24, 2.45) is 0 Å². The van der Waals surface area contributed by atoms with Crippen molar-refractivity contribution in [1.82, 2.24) is 5.32 Å². The smallest absolute Gasteiger partial charge is 0.153 e. The van der Waals surface area contributed by atoms with Crippen molar-refractivity contribution in [3.05, 3.63) is 35.9 Å². The number of alkyl halides is 1. The molecule has 1 aromatic carbocycles. The van der Waals surface area contributed by atoms with Crippen LogP contribution in [-0.2, 0) is 16.4 Å². The van der Waals surface area contributed by atoms with Gasteiger partial charge in [0.05, 0.1) is 16.9 Å². The summed E-state index contributed by atoms with van der Waals surface area (Å²) in [6.45, 7) is 0.657. The summed E-state index contributed by atoms with van der Waals surface area (Å²) in [6.07, 6.45) is 0. The first-order valence-corrected chi connectivity index (χ1v) is 7.44. The largest absolute Gasteiger partial charge is 0.307 e. The maximum Gasteiger partial charge on any atom is 0.153 e. The Morgan fingerprint density at radius 1 is 1.25 bits per heavy atom. The summed E-state index contributed by atoms with van der Waals surface area (Å²) in [5.41, 5.74) is 1.13. The zero-order valence-corrected chi connectivity index (χ0v) is 10.3. The lowest BCUT2D eigenvalue weighted by molar-refractivity contribution is 0.558. The van der Waals surface area contributed by atoms with Gasteiger partial charge in [-0.05, 0) is 5.56 Å². The molecule has 1 saturated heterocycles. The van der Waals surface area contributed by atoms with Gasteiger partial charge in [0.1, 0.15) is 0 Å². The molecule has 2 rings (SSSR count). The molecule has 1 aliphatic heterocycles. The number of hydrogen-bond donors (Lipinski definition) is 1. The average molecular weight is 260 g/mol. The van der Waals surface area contributed by atoms with Crippen LogP contribution in [0, 0.1) is 0 Å². The van der Waals surface area contributed by atoms with Crippen LogP contribution in [0.25, 0.3) is 0 Å². The minimum atomic E-state index is -2.94. The number of rotatable bonds is 3. The van der Waals surface area contributed by atoms with Crippen molar-refractivity contribution in [1.29, 1.82) is 0 Å². The van der Waals surface area contributed by atoms with Crippen molar-refractivity contribution in [2.75, 3.05) is 11.5 Å². The Hall–Kier alpha value is -0.580. The quantitative estimate of drug-likeness (QED) is 0.830. The SMILES string of the molecule is O=S1(=O)C[C@@H](Cl)[C@@H](NCc2ccccc2)C1. The zero-order chi connectivity index (χ0) is 11.6. The van der Waals surface area contributed by atoms with E-state index in [4.69, 9.17) is 11.6 Å². The molecule has 5 heteroatoms. The van der Waals surface area contributed by atoms with E-state index in [2.05, 4.69) is 5.32 Å². The van der Waals surface area contributed by atoms with E-state index >= 15 is 0 Å². The molecule has 0 unspecified atom stereocenters. The molecule has 0 aromatic heterocycles. The summed E-state index contributed by atoms with van der Waals surface area (Å²) >= 11 is 5.99. The van der Waals surface area contributed by atoms with Gasteiger partial charge < -0.3 is 5.32 Å². The van der Waals surface area contributed by atoms with Gasteiger partial charge in [0.15, 0.2) is 9.84 Å². The van der Waals surface area contributed by atoms with Gasteiger partial charge in [-0.3, -0.25) is 0 Å². The maximum atomic E-state index is 11.3. The van der Waals surface area contributed by atoms with Crippen LogP contribution in [0.3, 0.4) is 0 Å². The van der Waals surface area contributed by atoms with E-state index in [0.717, 1.165) is 5.56 Å². The Labute approximate surface area is 101 Å². The fourth-order valence-corrected chi connectivity index (χ4v) is 4.45. The lowest BCUT2D eigenvalue weighted by Crippen LogP contribution is -2.35. The summed E-state index contributed by atoms with van der Waals surface area (Å²) in [7, 11) is -2.94. The summed E-state index contributed by atoms with van der Waals surface area (Å²) < 4.78 is 22.7. The number of benzene rings is 1. The molecule has 0 bridgehead atoms. The zero-order valence-electron chi connectivity index (χ0n) is 8.77. The van der Waals surface area contributed by atoms with Crippen molar-refractivity contribution >= 4 is 21.4 Å². The Morgan fingerprint density at radius 3 is 2.50 bits per heavy atom. The second kappa shape index (κ2) is 4.73. The monoisotopic (exact) mass is 259 g/mol. The molecular weight excluding hydrogens is 246 g/mol. The fraction of sp³-hybridized carbons (Fsp3) is 0.455. The lowest BCUT2D eigenvalue weighted by Gasteiger charge is -2.14. The molecule has 1 aromatic rings. The van der Waals surface area contributed by atoms with E-state index in [-0.39, 0.29) is 22.9 Å². The highest BCUT2D eigenvalue weighted by atomic mass is 35.5. The summed E-state index contributed by atoms with van der Waals surface area (Å²) in [4.78, 5) is 0. The second-order valence-corrected chi connectivity index (χ2v) is 6.78. The predicted molar refractivity (Wildman–Crippen MR) is 65.4 cm³/mol. The predicted octanol–water partition coefficient (Wildman–Crippen LogP) is 1.18. The number of hydrogen-bond acceptors (Lipinski definition) is 3. The second-order valence-electron chi connectivity index (χ2n) is 4.07. The Balaban J connectivity index is 1.92. The maximum absolute atomic E-state index is 11.3. The van der Waals surface area contributed by atoms with Crippen LogP contribution in [0.2, 0.25) is 0 Å². The highest BCUT2D eigenvalue weighted by Crippen LogP contribution is 2.18. The van der Waals surface area contributed by atoms with Gasteiger partial charge in [0, 0.05) is 12.6 Å². The molecule has 1 heterocycles. The summed E-state index contributed by atoms with van der Waals surface area (Å²) in [5.74, 6) is 0.231. The first kappa shape index (κ1) is 11.9. The molecule has 0 amide bonds. The molecule has 0 radical (unpaired) electrons. The standard InChI is InChI=1S/C11H14ClNO2S/c12-10-7-16(14,15)8-11(10)13-6-9-4-2-1-3-5-9/h1-5,10-11,13H,6-8H2/t10-,11+/m1/s1. The Bertz CT molecular complexity index is 446. The molecule has 0 saturated carbocycles. The van der Waals surface area contributed by atoms with Gasteiger partial charge >= 0.3 is 0 Å². The van der Waals surface area contributed by atoms with Gasteiger partial charge in [0.2, 0.25) is 0 Å². The van der Waals surface area contributed by atoms with Crippen molar-refractivity contribution in [2.45, 2.75) is 18.0 Å². The molecule has 1 N–H and O–H groups in total. The molecule has 1 aliphatic rings. The topological polar surface area (TPSA) is 46.2 Å². The highest BCUT2D eigenvalue weighted by Gasteiger charge is 2.35. The normalized spacial score (nSPS) is 28.1. The van der Waals surface area contributed by atoms with Crippen LogP contribution in [0.1, 0.15) is 5.56 Å². The first-order chi connectivity index (χ1) is 7.57. The average Bonchev–Trinajstić information content (AvgIpc) is 2.50. The van der Waals surface area contributed by atoms with Crippen molar-refractivity contribution in [3.8, 4) is 0 Å². The summed E-state index contributed by atoms with van der Waals surface area (Å²) in [6, 6.07) is 9.74. The number of nitrogens with one attached hydrogen (secondary N) is 1. The molecular formula is C11H14ClNO2S. The van der Waals surface area contributed by atoms with Crippen LogP contribution in [0.4, 0.5) is 0 Å². The van der Waals surface area contributed by atoms with Crippen LogP contribution >= 0.6 is 11.6 Å². The molecule has 1 fully saturated rings. The van der Waals surface area contributed by atoms with Gasteiger partial charge in [-0.25, -0.2) is 8.42 Å². The molecule has 16 heavy (non-hydrogen) atoms. The van der Waals surface area contributed by atoms with Gasteiger partial charge in [-0.15, -0.1) is 11.6 Å². The van der Waals surface area contributed by atoms with Crippen LogP contribution in [-0.4, -0.2) is 31.3 Å². The summed E-state index contributed by atoms with van der Waals surface area (Å²) in [5, 5.41) is 2.88. The van der Waals surface area contributed by atoms with E-state index in [9.17, 15) is 8.42 Å². The molecule has 3 nitrogen and oxygen atoms in total. The molecule has 2 atom stereocenters. The van der Waals surface area contributed by atoms with Gasteiger partial charge in [-0.2, -0.15) is 0 Å². The fourth-order valence-electron chi connectivity index (χ4n) is 1.84. The van der Waals surface area contributed by atoms with Crippen molar-refractivity contribution < 1.29 is 8.42 Å². The first-order valence-electron chi connectivity index (χ1n) is 5.19. The van der Waals surface area contributed by atoms with E-state index < -0.39 is 9.84 Å². The Kier molecular flexibility index (Phi) is 3.52. The van der Waals surface area contributed by atoms with Gasteiger partial charge in [0.25, 0.3) is 0 Å². The van der Waals surface area contributed by atoms with E-state index in [0.29, 0.717) is 6.54 Å². The van der Waals surface area contributed by atoms with E-state index in [1.807, 2.05) is 30.3 Å². The minimum Gasteiger partial charge on any atom is -0.307 e. The number of sulfone groups is 1. The van der Waals surface area contributed by atoms with Crippen LogP contribution in [0.5, 0.6) is 0 Å². The van der Waals surface area contributed by atoms with Crippen molar-refractivity contribution in [3.63, 3.8) is 0 Å². The molecule has 0 aliphatic carbocycles. The van der Waals surface area contributed by atoms with Crippen LogP contribution < -0.4 is 5.32 Å². The Morgan fingerprint density at radius 2 is 1.94 bits per heavy atom. The minimum absolute atomic E-state index is 0.0843. The highest BCUT2D eigenvalue weighted by molar-refractivity contribution is 7.91. The van der Waals surface area contributed by atoms with Gasteiger partial charge in [-0.1, -0.05) is 30.3 Å². The third-order valence-corrected chi connectivity index (χ3v) is 5.07. The van der Waals surface area contributed by atoms with E-state index in [1.54, 1.807) is 0 Å². The lowest BCUT2D eigenvalue weighted by atomic mass is 10.2. The molecule has 0 spiro atoms. The number of halogens is 1. The van der Waals surface area contributed by atoms with E-state index in [1.165, 1.54) is 0 Å². The van der Waals surface area contributed by atoms with Crippen LogP contribution in [0.15, 0.2) is 30.3 Å². The molecule has 88 valence electrons.